The Morgan fingerprint density at radius 1 is 1.22 bits per heavy atom. The molecule has 2 rings (SSSR count). The van der Waals surface area contributed by atoms with Gasteiger partial charge in [-0.05, 0) is 31.5 Å². The summed E-state index contributed by atoms with van der Waals surface area (Å²) in [7, 11) is 0. The highest BCUT2D eigenvalue weighted by Gasteiger charge is 2.13. The topological polar surface area (TPSA) is 42.6 Å². The van der Waals surface area contributed by atoms with E-state index in [1.807, 2.05) is 43.3 Å². The molecule has 0 fully saturated rings. The lowest BCUT2D eigenvalue weighted by Gasteiger charge is -2.15. The first-order valence-electron chi connectivity index (χ1n) is 6.23. The van der Waals surface area contributed by atoms with Crippen molar-refractivity contribution in [3.8, 4) is 5.75 Å². The molecule has 0 amide bonds. The molecular weight excluding hydrogens is 228 g/mol. The zero-order valence-electron chi connectivity index (χ0n) is 10.5. The minimum Gasteiger partial charge on any atom is -0.493 e. The molecule has 18 heavy (non-hydrogen) atoms. The van der Waals surface area contributed by atoms with Gasteiger partial charge in [-0.25, -0.2) is 0 Å². The molecule has 0 aliphatic rings. The molecule has 2 aromatic rings. The second-order valence-electron chi connectivity index (χ2n) is 4.10. The maximum atomic E-state index is 10.2. The van der Waals surface area contributed by atoms with Crippen LogP contribution in [0.1, 0.15) is 30.8 Å². The van der Waals surface area contributed by atoms with Crippen LogP contribution in [0.2, 0.25) is 0 Å². The molecule has 1 aromatic carbocycles. The van der Waals surface area contributed by atoms with Crippen LogP contribution in [0.5, 0.6) is 5.75 Å². The molecule has 0 spiro atoms. The number of ether oxygens (including phenoxy) is 1. The minimum absolute atomic E-state index is 0.530. The molecule has 0 aliphatic carbocycles. The lowest BCUT2D eigenvalue weighted by molar-refractivity contribution is 0.160. The smallest absolute Gasteiger partial charge is 0.125 e. The van der Waals surface area contributed by atoms with E-state index in [-0.39, 0.29) is 0 Å². The molecule has 96 valence electrons. The fourth-order valence-corrected chi connectivity index (χ4v) is 1.93. The second-order valence-corrected chi connectivity index (χ2v) is 4.10. The van der Waals surface area contributed by atoms with Gasteiger partial charge in [0.05, 0.1) is 19.0 Å². The Hall–Kier alpha value is -1.74. The Bertz CT molecular complexity index is 462. The average Bonchev–Trinajstić information content (AvgIpc) is 2.90. The Kier molecular flexibility index (Phi) is 4.42. The summed E-state index contributed by atoms with van der Waals surface area (Å²) < 4.78 is 10.8. The van der Waals surface area contributed by atoms with Crippen LogP contribution in [0, 0.1) is 0 Å². The lowest BCUT2D eigenvalue weighted by Crippen LogP contribution is -2.03. The van der Waals surface area contributed by atoms with Gasteiger partial charge in [-0.3, -0.25) is 0 Å². The normalized spacial score (nSPS) is 12.3. The number of aliphatic hydroxyl groups excluding tert-OH is 1. The van der Waals surface area contributed by atoms with Crippen molar-refractivity contribution in [3.63, 3.8) is 0 Å². The van der Waals surface area contributed by atoms with E-state index in [4.69, 9.17) is 9.15 Å². The molecule has 1 unspecified atom stereocenters. The van der Waals surface area contributed by atoms with E-state index in [1.165, 1.54) is 0 Å². The maximum Gasteiger partial charge on any atom is 0.125 e. The molecule has 0 radical (unpaired) electrons. The van der Waals surface area contributed by atoms with Crippen LogP contribution in [0.25, 0.3) is 0 Å². The predicted molar refractivity (Wildman–Crippen MR) is 69.6 cm³/mol. The Labute approximate surface area is 107 Å². The molecular formula is C15H18O3. The predicted octanol–water partition coefficient (Wildman–Crippen LogP) is 3.34. The van der Waals surface area contributed by atoms with Crippen molar-refractivity contribution in [2.75, 3.05) is 6.61 Å². The SMILES string of the molecule is CCOc1ccccc1C(O)CCc1ccco1. The summed E-state index contributed by atoms with van der Waals surface area (Å²) in [6.07, 6.45) is 2.46. The van der Waals surface area contributed by atoms with Crippen molar-refractivity contribution in [1.82, 2.24) is 0 Å². The Morgan fingerprint density at radius 3 is 2.78 bits per heavy atom. The molecule has 1 N–H and O–H groups in total. The summed E-state index contributed by atoms with van der Waals surface area (Å²) >= 11 is 0. The number of aryl methyl sites for hydroxylation is 1. The van der Waals surface area contributed by atoms with E-state index in [2.05, 4.69) is 0 Å². The van der Waals surface area contributed by atoms with E-state index < -0.39 is 6.10 Å². The number of para-hydroxylation sites is 1. The molecule has 3 heteroatoms. The van der Waals surface area contributed by atoms with Crippen molar-refractivity contribution in [1.29, 1.82) is 0 Å². The van der Waals surface area contributed by atoms with Crippen LogP contribution < -0.4 is 4.74 Å². The average molecular weight is 246 g/mol. The summed E-state index contributed by atoms with van der Waals surface area (Å²) in [5, 5.41) is 10.2. The Morgan fingerprint density at radius 2 is 2.06 bits per heavy atom. The Balaban J connectivity index is 2.01. The minimum atomic E-state index is -0.530. The third kappa shape index (κ3) is 3.14. The van der Waals surface area contributed by atoms with Gasteiger partial charge < -0.3 is 14.3 Å². The molecule has 0 aliphatic heterocycles. The molecule has 0 saturated carbocycles. The van der Waals surface area contributed by atoms with Crippen LogP contribution in [-0.4, -0.2) is 11.7 Å². The van der Waals surface area contributed by atoms with Crippen LogP contribution >= 0.6 is 0 Å². The van der Waals surface area contributed by atoms with Crippen molar-refractivity contribution in [2.24, 2.45) is 0 Å². The van der Waals surface area contributed by atoms with E-state index in [0.29, 0.717) is 19.4 Å². The highest BCUT2D eigenvalue weighted by atomic mass is 16.5. The lowest BCUT2D eigenvalue weighted by atomic mass is 10.0. The summed E-state index contributed by atoms with van der Waals surface area (Å²) in [4.78, 5) is 0. The number of hydrogen-bond donors (Lipinski definition) is 1. The zero-order chi connectivity index (χ0) is 12.8. The fraction of sp³-hybridized carbons (Fsp3) is 0.333. The quantitative estimate of drug-likeness (QED) is 0.850. The van der Waals surface area contributed by atoms with Gasteiger partial charge in [-0.1, -0.05) is 18.2 Å². The third-order valence-corrected chi connectivity index (χ3v) is 2.82. The van der Waals surface area contributed by atoms with Gasteiger partial charge in [-0.15, -0.1) is 0 Å². The summed E-state index contributed by atoms with van der Waals surface area (Å²) in [6.45, 7) is 2.54. The van der Waals surface area contributed by atoms with Gasteiger partial charge in [0.2, 0.25) is 0 Å². The van der Waals surface area contributed by atoms with Crippen molar-refractivity contribution in [3.05, 3.63) is 54.0 Å². The van der Waals surface area contributed by atoms with E-state index in [0.717, 1.165) is 17.1 Å². The molecule has 1 aromatic heterocycles. The maximum absolute atomic E-state index is 10.2. The van der Waals surface area contributed by atoms with Crippen LogP contribution in [-0.2, 0) is 6.42 Å². The number of hydrogen-bond acceptors (Lipinski definition) is 3. The van der Waals surface area contributed by atoms with Gasteiger partial charge in [-0.2, -0.15) is 0 Å². The number of aliphatic hydroxyl groups is 1. The first-order chi connectivity index (χ1) is 8.81. The highest BCUT2D eigenvalue weighted by molar-refractivity contribution is 5.35. The summed E-state index contributed by atoms with van der Waals surface area (Å²) in [6, 6.07) is 11.4. The summed E-state index contributed by atoms with van der Waals surface area (Å²) in [5.74, 6) is 1.65. The molecule has 3 nitrogen and oxygen atoms in total. The number of benzene rings is 1. The van der Waals surface area contributed by atoms with Gasteiger partial charge in [0.25, 0.3) is 0 Å². The highest BCUT2D eigenvalue weighted by Crippen LogP contribution is 2.28. The van der Waals surface area contributed by atoms with Gasteiger partial charge in [0.15, 0.2) is 0 Å². The van der Waals surface area contributed by atoms with E-state index in [9.17, 15) is 5.11 Å². The van der Waals surface area contributed by atoms with Crippen LogP contribution in [0.3, 0.4) is 0 Å². The van der Waals surface area contributed by atoms with Gasteiger partial charge in [0, 0.05) is 12.0 Å². The van der Waals surface area contributed by atoms with Crippen molar-refractivity contribution in [2.45, 2.75) is 25.9 Å². The van der Waals surface area contributed by atoms with Crippen LogP contribution in [0.15, 0.2) is 47.1 Å². The second kappa shape index (κ2) is 6.26. The fourth-order valence-electron chi connectivity index (χ4n) is 1.93. The van der Waals surface area contributed by atoms with Crippen molar-refractivity contribution < 1.29 is 14.3 Å². The number of furan rings is 1. The first kappa shape index (κ1) is 12.7. The summed E-state index contributed by atoms with van der Waals surface area (Å²) in [5.41, 5.74) is 0.839. The molecule has 0 saturated heterocycles. The third-order valence-electron chi connectivity index (χ3n) is 2.82. The van der Waals surface area contributed by atoms with Gasteiger partial charge in [0.1, 0.15) is 11.5 Å². The molecule has 1 atom stereocenters. The molecule has 1 heterocycles. The molecule has 0 bridgehead atoms. The van der Waals surface area contributed by atoms with Crippen molar-refractivity contribution >= 4 is 0 Å². The van der Waals surface area contributed by atoms with E-state index in [1.54, 1.807) is 6.26 Å². The zero-order valence-corrected chi connectivity index (χ0v) is 10.5. The monoisotopic (exact) mass is 246 g/mol. The van der Waals surface area contributed by atoms with Gasteiger partial charge >= 0.3 is 0 Å². The van der Waals surface area contributed by atoms with E-state index >= 15 is 0 Å². The van der Waals surface area contributed by atoms with Crippen LogP contribution in [0.4, 0.5) is 0 Å². The standard InChI is InChI=1S/C15H18O3/c1-2-17-15-8-4-3-7-13(15)14(16)10-9-12-6-5-11-18-12/h3-8,11,14,16H,2,9-10H2,1H3. The number of rotatable bonds is 6. The first-order valence-corrected chi connectivity index (χ1v) is 6.23. The largest absolute Gasteiger partial charge is 0.493 e.